The van der Waals surface area contributed by atoms with E-state index in [1.807, 2.05) is 30.3 Å². The molecule has 0 aliphatic carbocycles. The molecule has 0 heterocycles. The smallest absolute Gasteiger partial charge is 0.323 e. The minimum atomic E-state index is -3.54. The Morgan fingerprint density at radius 3 is 1.76 bits per heavy atom. The maximum absolute atomic E-state index is 12.8. The standard InChI is InChI=1S/C26H30N2O4S2/c1-17(2)23-7-6-8-24(18(3)4)25(23)28-26(29)27-19-9-13-21(14-10-19)33-22-15-11-20(12-16-22)32-34(5,30)31/h6-18H,1-5H3,(H2,27,28,29). The number of carbonyl (C=O) groups excluding carboxylic acids is 1. The van der Waals surface area contributed by atoms with Crippen LogP contribution in [0.2, 0.25) is 0 Å². The van der Waals surface area contributed by atoms with Crippen molar-refractivity contribution in [3.63, 3.8) is 0 Å². The number of urea groups is 1. The van der Waals surface area contributed by atoms with Crippen LogP contribution < -0.4 is 14.8 Å². The van der Waals surface area contributed by atoms with Crippen molar-refractivity contribution >= 4 is 39.3 Å². The summed E-state index contributed by atoms with van der Waals surface area (Å²) in [6.45, 7) is 8.47. The Hall–Kier alpha value is -2.97. The number of carbonyl (C=O) groups is 1. The lowest BCUT2D eigenvalue weighted by atomic mass is 9.93. The Bertz CT molecular complexity index is 1210. The van der Waals surface area contributed by atoms with E-state index in [1.54, 1.807) is 24.3 Å². The van der Waals surface area contributed by atoms with Gasteiger partial charge in [0.2, 0.25) is 0 Å². The number of anilines is 2. The maximum atomic E-state index is 12.8. The second-order valence-electron chi connectivity index (χ2n) is 8.59. The molecule has 3 aromatic rings. The van der Waals surface area contributed by atoms with Crippen LogP contribution in [0.3, 0.4) is 0 Å². The van der Waals surface area contributed by atoms with E-state index < -0.39 is 10.1 Å². The molecule has 180 valence electrons. The predicted molar refractivity (Wildman–Crippen MR) is 140 cm³/mol. The average Bonchev–Trinajstić information content (AvgIpc) is 2.75. The molecular weight excluding hydrogens is 468 g/mol. The van der Waals surface area contributed by atoms with E-state index in [0.717, 1.165) is 32.9 Å². The highest BCUT2D eigenvalue weighted by Crippen LogP contribution is 2.33. The average molecular weight is 499 g/mol. The fourth-order valence-corrected chi connectivity index (χ4v) is 4.73. The molecule has 0 unspecified atom stereocenters. The van der Waals surface area contributed by atoms with Gasteiger partial charge in [-0.1, -0.05) is 57.7 Å². The molecule has 0 saturated carbocycles. The molecule has 0 atom stereocenters. The van der Waals surface area contributed by atoms with Gasteiger partial charge >= 0.3 is 16.1 Å². The molecule has 0 fully saturated rings. The van der Waals surface area contributed by atoms with Gasteiger partial charge in [0.25, 0.3) is 0 Å². The normalized spacial score (nSPS) is 11.5. The number of benzene rings is 3. The van der Waals surface area contributed by atoms with Crippen LogP contribution in [0, 0.1) is 0 Å². The Morgan fingerprint density at radius 1 is 0.794 bits per heavy atom. The van der Waals surface area contributed by atoms with E-state index in [-0.39, 0.29) is 23.6 Å². The molecule has 0 radical (unpaired) electrons. The third kappa shape index (κ3) is 7.27. The summed E-state index contributed by atoms with van der Waals surface area (Å²) in [6.07, 6.45) is 1.01. The molecule has 0 aliphatic heterocycles. The Labute approximate surface area is 206 Å². The fourth-order valence-electron chi connectivity index (χ4n) is 3.45. The number of hydrogen-bond acceptors (Lipinski definition) is 5. The number of para-hydroxylation sites is 1. The predicted octanol–water partition coefficient (Wildman–Crippen LogP) is 7.07. The van der Waals surface area contributed by atoms with Crippen molar-refractivity contribution in [1.82, 2.24) is 0 Å². The van der Waals surface area contributed by atoms with Crippen molar-refractivity contribution < 1.29 is 17.4 Å². The molecule has 0 saturated heterocycles. The molecule has 34 heavy (non-hydrogen) atoms. The highest BCUT2D eigenvalue weighted by Gasteiger charge is 2.16. The van der Waals surface area contributed by atoms with Crippen LogP contribution in [-0.2, 0) is 10.1 Å². The number of nitrogens with one attached hydrogen (secondary N) is 2. The summed E-state index contributed by atoms with van der Waals surface area (Å²) >= 11 is 1.52. The van der Waals surface area contributed by atoms with E-state index in [9.17, 15) is 13.2 Å². The minimum Gasteiger partial charge on any atom is -0.383 e. The molecule has 3 aromatic carbocycles. The summed E-state index contributed by atoms with van der Waals surface area (Å²) in [5, 5.41) is 5.97. The topological polar surface area (TPSA) is 84.5 Å². The zero-order valence-electron chi connectivity index (χ0n) is 20.0. The number of hydrogen-bond donors (Lipinski definition) is 2. The van der Waals surface area contributed by atoms with Crippen molar-refractivity contribution in [1.29, 1.82) is 0 Å². The molecule has 6 nitrogen and oxygen atoms in total. The van der Waals surface area contributed by atoms with Gasteiger partial charge in [-0.25, -0.2) is 4.79 Å². The molecule has 0 bridgehead atoms. The molecule has 0 aliphatic rings. The van der Waals surface area contributed by atoms with Gasteiger partial charge in [0.15, 0.2) is 0 Å². The lowest BCUT2D eigenvalue weighted by molar-refractivity contribution is 0.262. The lowest BCUT2D eigenvalue weighted by Gasteiger charge is -2.20. The quantitative estimate of drug-likeness (QED) is 0.325. The van der Waals surface area contributed by atoms with Crippen LogP contribution in [0.25, 0.3) is 0 Å². The van der Waals surface area contributed by atoms with Crippen molar-refractivity contribution in [3.8, 4) is 5.75 Å². The van der Waals surface area contributed by atoms with Gasteiger partial charge in [0, 0.05) is 21.2 Å². The lowest BCUT2D eigenvalue weighted by Crippen LogP contribution is -2.21. The highest BCUT2D eigenvalue weighted by molar-refractivity contribution is 7.99. The molecule has 0 spiro atoms. The first-order chi connectivity index (χ1) is 16.0. The zero-order chi connectivity index (χ0) is 24.9. The molecule has 2 amide bonds. The number of rotatable bonds is 8. The van der Waals surface area contributed by atoms with E-state index in [2.05, 4.69) is 50.5 Å². The first kappa shape index (κ1) is 25.6. The van der Waals surface area contributed by atoms with Crippen molar-refractivity contribution in [2.45, 2.75) is 49.3 Å². The monoisotopic (exact) mass is 498 g/mol. The van der Waals surface area contributed by atoms with Gasteiger partial charge in [0.1, 0.15) is 5.75 Å². The van der Waals surface area contributed by atoms with Crippen LogP contribution in [0.15, 0.2) is 76.5 Å². The van der Waals surface area contributed by atoms with Gasteiger partial charge in [-0.3, -0.25) is 0 Å². The summed E-state index contributed by atoms with van der Waals surface area (Å²) < 4.78 is 27.3. The fraction of sp³-hybridized carbons (Fsp3) is 0.269. The van der Waals surface area contributed by atoms with Gasteiger partial charge in [0.05, 0.1) is 6.26 Å². The van der Waals surface area contributed by atoms with E-state index >= 15 is 0 Å². The first-order valence-electron chi connectivity index (χ1n) is 11.0. The minimum absolute atomic E-state index is 0.275. The summed E-state index contributed by atoms with van der Waals surface area (Å²) in [4.78, 5) is 14.7. The summed E-state index contributed by atoms with van der Waals surface area (Å²) in [7, 11) is -3.54. The molecule has 8 heteroatoms. The van der Waals surface area contributed by atoms with E-state index in [4.69, 9.17) is 4.18 Å². The second kappa shape index (κ2) is 11.0. The first-order valence-corrected chi connectivity index (χ1v) is 13.6. The third-order valence-corrected chi connectivity index (χ3v) is 6.54. The molecule has 3 rings (SSSR count). The molecule has 2 N–H and O–H groups in total. The second-order valence-corrected chi connectivity index (χ2v) is 11.3. The van der Waals surface area contributed by atoms with Gasteiger partial charge in [-0.2, -0.15) is 8.42 Å². The molecular formula is C26H30N2O4S2. The van der Waals surface area contributed by atoms with Crippen LogP contribution in [0.5, 0.6) is 5.75 Å². The summed E-state index contributed by atoms with van der Waals surface area (Å²) in [5.74, 6) is 0.853. The third-order valence-electron chi connectivity index (χ3n) is 5.03. The largest absolute Gasteiger partial charge is 0.383 e. The Kier molecular flexibility index (Phi) is 8.28. The molecule has 0 aromatic heterocycles. The maximum Gasteiger partial charge on any atom is 0.323 e. The van der Waals surface area contributed by atoms with E-state index in [1.165, 1.54) is 11.8 Å². The van der Waals surface area contributed by atoms with Gasteiger partial charge in [-0.05, 0) is 71.5 Å². The van der Waals surface area contributed by atoms with Crippen LogP contribution >= 0.6 is 11.8 Å². The van der Waals surface area contributed by atoms with Crippen molar-refractivity contribution in [3.05, 3.63) is 77.9 Å². The summed E-state index contributed by atoms with van der Waals surface area (Å²) in [6, 6.07) is 20.2. The zero-order valence-corrected chi connectivity index (χ0v) is 21.6. The van der Waals surface area contributed by atoms with Crippen molar-refractivity contribution in [2.75, 3.05) is 16.9 Å². The Balaban J connectivity index is 1.65. The van der Waals surface area contributed by atoms with E-state index in [0.29, 0.717) is 5.69 Å². The van der Waals surface area contributed by atoms with Gasteiger partial charge < -0.3 is 14.8 Å². The van der Waals surface area contributed by atoms with Crippen LogP contribution in [0.4, 0.5) is 16.2 Å². The number of amides is 2. The van der Waals surface area contributed by atoms with Gasteiger partial charge in [-0.15, -0.1) is 0 Å². The highest BCUT2D eigenvalue weighted by atomic mass is 32.2. The Morgan fingerprint density at radius 2 is 1.29 bits per heavy atom. The van der Waals surface area contributed by atoms with Crippen molar-refractivity contribution in [2.24, 2.45) is 0 Å². The summed E-state index contributed by atoms with van der Waals surface area (Å²) in [5.41, 5.74) is 3.79. The van der Waals surface area contributed by atoms with Crippen LogP contribution in [0.1, 0.15) is 50.7 Å². The van der Waals surface area contributed by atoms with Crippen LogP contribution in [-0.4, -0.2) is 20.7 Å². The SMILES string of the molecule is CC(C)c1cccc(C(C)C)c1NC(=O)Nc1ccc(Sc2ccc(OS(C)(=O)=O)cc2)cc1.